The first-order valence-electron chi connectivity index (χ1n) is 4.37. The predicted octanol–water partition coefficient (Wildman–Crippen LogP) is 1.00. The molecule has 1 heterocycles. The summed E-state index contributed by atoms with van der Waals surface area (Å²) < 4.78 is 0. The van der Waals surface area contributed by atoms with E-state index in [2.05, 4.69) is 35.2 Å². The van der Waals surface area contributed by atoms with Crippen molar-refractivity contribution < 1.29 is 0 Å². The molecule has 0 saturated carbocycles. The van der Waals surface area contributed by atoms with Crippen molar-refractivity contribution in [3.8, 4) is 0 Å². The molecule has 0 radical (unpaired) electrons. The van der Waals surface area contributed by atoms with Crippen molar-refractivity contribution in [3.63, 3.8) is 0 Å². The monoisotopic (exact) mass is 162 g/mol. The molecule has 1 aliphatic rings. The van der Waals surface area contributed by atoms with Gasteiger partial charge in [-0.05, 0) is 5.56 Å². The Kier molecular flexibility index (Phi) is 2.11. The van der Waals surface area contributed by atoms with Crippen LogP contribution in [0.1, 0.15) is 11.5 Å². The van der Waals surface area contributed by atoms with E-state index in [1.807, 2.05) is 0 Å². The van der Waals surface area contributed by atoms with Crippen LogP contribution >= 0.6 is 0 Å². The molecule has 2 N–H and O–H groups in total. The molecule has 1 aromatic rings. The maximum atomic E-state index is 5.50. The summed E-state index contributed by atoms with van der Waals surface area (Å²) in [5.74, 6) is 0.717. The minimum Gasteiger partial charge on any atom is -0.318 e. The van der Waals surface area contributed by atoms with Gasteiger partial charge in [-0.25, -0.2) is 0 Å². The molecule has 2 heteroatoms. The zero-order valence-corrected chi connectivity index (χ0v) is 7.11. The zero-order valence-electron chi connectivity index (χ0n) is 7.11. The lowest BCUT2D eigenvalue weighted by molar-refractivity contribution is 0.153. The van der Waals surface area contributed by atoms with Crippen LogP contribution in [0.4, 0.5) is 0 Å². The van der Waals surface area contributed by atoms with Crippen LogP contribution in [0, 0.1) is 0 Å². The van der Waals surface area contributed by atoms with Gasteiger partial charge in [-0.3, -0.25) is 4.90 Å². The van der Waals surface area contributed by atoms with Crippen LogP contribution in [-0.4, -0.2) is 24.7 Å². The third kappa shape index (κ3) is 1.36. The molecular weight excluding hydrogens is 148 g/mol. The van der Waals surface area contributed by atoms with Gasteiger partial charge in [-0.2, -0.15) is 0 Å². The Bertz CT molecular complexity index is 239. The maximum Gasteiger partial charge on any atom is 0.0455 e. The van der Waals surface area contributed by atoms with Gasteiger partial charge < -0.3 is 5.73 Å². The fraction of sp³-hybridized carbons (Fsp3) is 0.400. The molecule has 12 heavy (non-hydrogen) atoms. The second kappa shape index (κ2) is 3.25. The Morgan fingerprint density at radius 1 is 1.25 bits per heavy atom. The molecule has 1 aliphatic heterocycles. The zero-order chi connectivity index (χ0) is 8.39. The maximum absolute atomic E-state index is 5.50. The highest BCUT2D eigenvalue weighted by atomic mass is 15.2. The average molecular weight is 162 g/mol. The van der Waals surface area contributed by atoms with Crippen molar-refractivity contribution in [3.05, 3.63) is 35.9 Å². The number of nitrogens with two attached hydrogens (primary N) is 1. The first-order valence-corrected chi connectivity index (χ1v) is 4.37. The third-order valence-corrected chi connectivity index (χ3v) is 2.49. The quantitative estimate of drug-likeness (QED) is 0.703. The van der Waals surface area contributed by atoms with Gasteiger partial charge in [0.15, 0.2) is 0 Å². The number of benzene rings is 1. The molecule has 1 aromatic carbocycles. The molecular formula is C10H14N2. The molecule has 0 bridgehead atoms. The lowest BCUT2D eigenvalue weighted by atomic mass is 9.92. The molecule has 0 aliphatic carbocycles. The Hall–Kier alpha value is -0.860. The van der Waals surface area contributed by atoms with Crippen molar-refractivity contribution in [1.29, 1.82) is 0 Å². The van der Waals surface area contributed by atoms with Crippen LogP contribution in [-0.2, 0) is 0 Å². The first-order chi connectivity index (χ1) is 5.90. The lowest BCUT2D eigenvalue weighted by Crippen LogP contribution is -2.47. The lowest BCUT2D eigenvalue weighted by Gasteiger charge is -2.38. The minimum atomic E-state index is 0.698. The number of hydrogen-bond donors (Lipinski definition) is 1. The molecule has 0 spiro atoms. The summed E-state index contributed by atoms with van der Waals surface area (Å²) in [6, 6.07) is 10.6. The van der Waals surface area contributed by atoms with Gasteiger partial charge in [0.1, 0.15) is 0 Å². The smallest absolute Gasteiger partial charge is 0.0455 e. The van der Waals surface area contributed by atoms with E-state index in [0.29, 0.717) is 6.67 Å². The van der Waals surface area contributed by atoms with E-state index in [-0.39, 0.29) is 0 Å². The first kappa shape index (κ1) is 7.77. The van der Waals surface area contributed by atoms with Crippen molar-refractivity contribution in [2.24, 2.45) is 5.73 Å². The van der Waals surface area contributed by atoms with Crippen molar-refractivity contribution in [2.45, 2.75) is 5.92 Å². The van der Waals surface area contributed by atoms with Gasteiger partial charge >= 0.3 is 0 Å². The molecule has 2 rings (SSSR count). The van der Waals surface area contributed by atoms with Crippen LogP contribution in [0.5, 0.6) is 0 Å². The van der Waals surface area contributed by atoms with E-state index < -0.39 is 0 Å². The highest BCUT2D eigenvalue weighted by Crippen LogP contribution is 2.25. The SMILES string of the molecule is NCN1CC(c2ccccc2)C1. The summed E-state index contributed by atoms with van der Waals surface area (Å²) in [7, 11) is 0. The average Bonchev–Trinajstić information content (AvgIpc) is 2.04. The third-order valence-electron chi connectivity index (χ3n) is 2.49. The molecule has 0 unspecified atom stereocenters. The largest absolute Gasteiger partial charge is 0.318 e. The van der Waals surface area contributed by atoms with Crippen LogP contribution in [0.2, 0.25) is 0 Å². The highest BCUT2D eigenvalue weighted by molar-refractivity contribution is 5.22. The summed E-state index contributed by atoms with van der Waals surface area (Å²) in [4.78, 5) is 2.25. The Balaban J connectivity index is 1.97. The summed E-state index contributed by atoms with van der Waals surface area (Å²) in [5.41, 5.74) is 6.95. The van der Waals surface area contributed by atoms with E-state index in [0.717, 1.165) is 19.0 Å². The van der Waals surface area contributed by atoms with E-state index in [1.165, 1.54) is 5.56 Å². The van der Waals surface area contributed by atoms with Gasteiger partial charge in [0.05, 0.1) is 0 Å². The molecule has 0 atom stereocenters. The van der Waals surface area contributed by atoms with Gasteiger partial charge in [-0.15, -0.1) is 0 Å². The summed E-state index contributed by atoms with van der Waals surface area (Å²) >= 11 is 0. The minimum absolute atomic E-state index is 0.698. The molecule has 2 nitrogen and oxygen atoms in total. The molecule has 1 saturated heterocycles. The number of nitrogens with zero attached hydrogens (tertiary/aromatic N) is 1. The van der Waals surface area contributed by atoms with Gasteiger partial charge in [0.2, 0.25) is 0 Å². The molecule has 0 amide bonds. The number of rotatable bonds is 2. The number of likely N-dealkylation sites (tertiary alicyclic amines) is 1. The van der Waals surface area contributed by atoms with E-state index >= 15 is 0 Å². The predicted molar refractivity (Wildman–Crippen MR) is 49.8 cm³/mol. The Labute approximate surface area is 73.0 Å². The van der Waals surface area contributed by atoms with Crippen LogP contribution in [0.15, 0.2) is 30.3 Å². The van der Waals surface area contributed by atoms with Gasteiger partial charge in [0, 0.05) is 25.7 Å². The Morgan fingerprint density at radius 3 is 2.50 bits per heavy atom. The van der Waals surface area contributed by atoms with Crippen molar-refractivity contribution in [1.82, 2.24) is 4.90 Å². The standard InChI is InChI=1S/C10H14N2/c11-8-12-6-10(7-12)9-4-2-1-3-5-9/h1-5,10H,6-8,11H2. The molecule has 64 valence electrons. The van der Waals surface area contributed by atoms with Crippen LogP contribution < -0.4 is 5.73 Å². The van der Waals surface area contributed by atoms with Gasteiger partial charge in [0.25, 0.3) is 0 Å². The highest BCUT2D eigenvalue weighted by Gasteiger charge is 2.26. The van der Waals surface area contributed by atoms with Crippen LogP contribution in [0.25, 0.3) is 0 Å². The second-order valence-corrected chi connectivity index (χ2v) is 3.33. The van der Waals surface area contributed by atoms with E-state index in [1.54, 1.807) is 0 Å². The van der Waals surface area contributed by atoms with E-state index in [9.17, 15) is 0 Å². The summed E-state index contributed by atoms with van der Waals surface area (Å²) in [6.45, 7) is 2.95. The normalized spacial score (nSPS) is 19.1. The summed E-state index contributed by atoms with van der Waals surface area (Å²) in [6.07, 6.45) is 0. The van der Waals surface area contributed by atoms with Crippen molar-refractivity contribution in [2.75, 3.05) is 19.8 Å². The van der Waals surface area contributed by atoms with Crippen molar-refractivity contribution >= 4 is 0 Å². The molecule has 1 fully saturated rings. The Morgan fingerprint density at radius 2 is 1.92 bits per heavy atom. The topological polar surface area (TPSA) is 29.3 Å². The van der Waals surface area contributed by atoms with Crippen LogP contribution in [0.3, 0.4) is 0 Å². The fourth-order valence-electron chi connectivity index (χ4n) is 1.65. The molecule has 0 aromatic heterocycles. The van der Waals surface area contributed by atoms with E-state index in [4.69, 9.17) is 5.73 Å². The fourth-order valence-corrected chi connectivity index (χ4v) is 1.65. The summed E-state index contributed by atoms with van der Waals surface area (Å²) in [5, 5.41) is 0. The van der Waals surface area contributed by atoms with Gasteiger partial charge in [-0.1, -0.05) is 30.3 Å². The number of hydrogen-bond acceptors (Lipinski definition) is 2. The second-order valence-electron chi connectivity index (χ2n) is 3.33.